The van der Waals surface area contributed by atoms with Gasteiger partial charge in [-0.05, 0) is 76.3 Å². The van der Waals surface area contributed by atoms with E-state index in [9.17, 15) is 4.79 Å². The lowest BCUT2D eigenvalue weighted by molar-refractivity contribution is -0.127. The Kier molecular flexibility index (Phi) is 5.03. The summed E-state index contributed by atoms with van der Waals surface area (Å²) >= 11 is 6.96. The van der Waals surface area contributed by atoms with Gasteiger partial charge in [-0.3, -0.25) is 4.79 Å². The number of hydrogen-bond donors (Lipinski definition) is 2. The number of benzene rings is 1. The largest absolute Gasteiger partial charge is 0.324 e. The van der Waals surface area contributed by atoms with E-state index in [1.165, 1.54) is 0 Å². The third kappa shape index (κ3) is 3.20. The molecule has 1 saturated heterocycles. The first-order valence-electron chi connectivity index (χ1n) is 6.55. The predicted octanol–water partition coefficient (Wildman–Crippen LogP) is 3.93. The molecule has 2 rings (SSSR count). The van der Waals surface area contributed by atoms with Crippen LogP contribution in [0.4, 0.5) is 5.69 Å². The van der Waals surface area contributed by atoms with Gasteiger partial charge in [0.2, 0.25) is 5.91 Å². The van der Waals surface area contributed by atoms with Crippen molar-refractivity contribution in [3.63, 3.8) is 0 Å². The highest BCUT2D eigenvalue weighted by molar-refractivity contribution is 9.11. The molecule has 0 saturated carbocycles. The van der Waals surface area contributed by atoms with Crippen LogP contribution in [0.25, 0.3) is 0 Å². The predicted molar refractivity (Wildman–Crippen MR) is 85.3 cm³/mol. The van der Waals surface area contributed by atoms with Crippen LogP contribution in [0.15, 0.2) is 27.1 Å². The van der Waals surface area contributed by atoms with Crippen molar-refractivity contribution in [1.29, 1.82) is 0 Å². The summed E-state index contributed by atoms with van der Waals surface area (Å²) in [4.78, 5) is 12.6. The zero-order valence-electron chi connectivity index (χ0n) is 10.9. The quantitative estimate of drug-likeness (QED) is 0.822. The summed E-state index contributed by atoms with van der Waals surface area (Å²) in [5, 5.41) is 6.40. The third-order valence-corrected chi connectivity index (χ3v) is 5.24. The lowest BCUT2D eigenvalue weighted by atomic mass is 9.76. The Morgan fingerprint density at radius 1 is 1.32 bits per heavy atom. The summed E-state index contributed by atoms with van der Waals surface area (Å²) in [6.45, 7) is 3.93. The zero-order valence-corrected chi connectivity index (χ0v) is 14.1. The van der Waals surface area contributed by atoms with E-state index in [4.69, 9.17) is 0 Å². The molecule has 0 unspecified atom stereocenters. The van der Waals surface area contributed by atoms with Crippen molar-refractivity contribution in [1.82, 2.24) is 5.32 Å². The van der Waals surface area contributed by atoms with Crippen LogP contribution >= 0.6 is 31.9 Å². The number of hydrogen-bond acceptors (Lipinski definition) is 2. The molecule has 1 heterocycles. The van der Waals surface area contributed by atoms with Gasteiger partial charge >= 0.3 is 0 Å². The Bertz CT molecular complexity index is 450. The van der Waals surface area contributed by atoms with E-state index in [2.05, 4.69) is 49.4 Å². The van der Waals surface area contributed by atoms with Crippen molar-refractivity contribution in [2.75, 3.05) is 18.4 Å². The van der Waals surface area contributed by atoms with Crippen LogP contribution < -0.4 is 10.6 Å². The Morgan fingerprint density at radius 2 is 1.89 bits per heavy atom. The highest BCUT2D eigenvalue weighted by Crippen LogP contribution is 2.37. The Labute approximate surface area is 130 Å². The summed E-state index contributed by atoms with van der Waals surface area (Å²) in [5.41, 5.74) is 0.582. The van der Waals surface area contributed by atoms with Crippen LogP contribution in [0.3, 0.4) is 0 Å². The Hall–Kier alpha value is -0.390. The van der Waals surface area contributed by atoms with Gasteiger partial charge in [-0.2, -0.15) is 0 Å². The highest BCUT2D eigenvalue weighted by atomic mass is 79.9. The molecule has 19 heavy (non-hydrogen) atoms. The normalized spacial score (nSPS) is 18.1. The molecule has 2 N–H and O–H groups in total. The summed E-state index contributed by atoms with van der Waals surface area (Å²) in [7, 11) is 0. The molecule has 5 heteroatoms. The lowest BCUT2D eigenvalue weighted by Crippen LogP contribution is -2.44. The fourth-order valence-corrected chi connectivity index (χ4v) is 3.71. The van der Waals surface area contributed by atoms with E-state index in [1.807, 2.05) is 18.2 Å². The maximum Gasteiger partial charge on any atom is 0.230 e. The molecule has 3 nitrogen and oxygen atoms in total. The molecule has 1 aliphatic heterocycles. The fourth-order valence-electron chi connectivity index (χ4n) is 2.51. The molecule has 0 aliphatic carbocycles. The van der Waals surface area contributed by atoms with E-state index in [-0.39, 0.29) is 11.3 Å². The summed E-state index contributed by atoms with van der Waals surface area (Å²) in [5.74, 6) is 0.129. The number of anilines is 1. The van der Waals surface area contributed by atoms with Gasteiger partial charge in [0.15, 0.2) is 0 Å². The van der Waals surface area contributed by atoms with Crippen LogP contribution in [0.5, 0.6) is 0 Å². The number of carbonyl (C=O) groups is 1. The monoisotopic (exact) mass is 388 g/mol. The summed E-state index contributed by atoms with van der Waals surface area (Å²) < 4.78 is 1.80. The van der Waals surface area contributed by atoms with Crippen LogP contribution in [0.2, 0.25) is 0 Å². The van der Waals surface area contributed by atoms with Gasteiger partial charge in [-0.15, -0.1) is 0 Å². The van der Waals surface area contributed by atoms with Crippen molar-refractivity contribution in [2.45, 2.75) is 26.2 Å². The maximum atomic E-state index is 12.6. The molecule has 1 aliphatic rings. The SMILES string of the molecule is CCC1(C(=O)Nc2c(Br)cccc2Br)CCNCC1. The third-order valence-electron chi connectivity index (χ3n) is 3.92. The molecule has 1 aromatic carbocycles. The van der Waals surface area contributed by atoms with Gasteiger partial charge in [0, 0.05) is 8.95 Å². The van der Waals surface area contributed by atoms with Gasteiger partial charge < -0.3 is 10.6 Å². The van der Waals surface area contributed by atoms with E-state index in [0.717, 1.165) is 47.0 Å². The first-order chi connectivity index (χ1) is 9.09. The average Bonchev–Trinajstić information content (AvgIpc) is 2.43. The van der Waals surface area contributed by atoms with Crippen molar-refractivity contribution in [3.8, 4) is 0 Å². The molecule has 1 amide bonds. The second-order valence-electron chi connectivity index (χ2n) is 4.93. The van der Waals surface area contributed by atoms with Gasteiger partial charge in [-0.1, -0.05) is 13.0 Å². The molecule has 104 valence electrons. The van der Waals surface area contributed by atoms with Crippen LogP contribution in [0.1, 0.15) is 26.2 Å². The second kappa shape index (κ2) is 6.37. The van der Waals surface area contributed by atoms with E-state index < -0.39 is 0 Å². The zero-order chi connectivity index (χ0) is 13.9. The minimum absolute atomic E-state index is 0.129. The fraction of sp³-hybridized carbons (Fsp3) is 0.500. The van der Waals surface area contributed by atoms with Gasteiger partial charge in [-0.25, -0.2) is 0 Å². The van der Waals surface area contributed by atoms with Gasteiger partial charge in [0.25, 0.3) is 0 Å². The minimum Gasteiger partial charge on any atom is -0.324 e. The van der Waals surface area contributed by atoms with Crippen LogP contribution in [-0.4, -0.2) is 19.0 Å². The number of carbonyl (C=O) groups excluding carboxylic acids is 1. The number of nitrogens with one attached hydrogen (secondary N) is 2. The van der Waals surface area contributed by atoms with E-state index in [0.29, 0.717) is 0 Å². The first-order valence-corrected chi connectivity index (χ1v) is 8.14. The molecule has 0 radical (unpaired) electrons. The molecule has 1 fully saturated rings. The summed E-state index contributed by atoms with van der Waals surface area (Å²) in [6, 6.07) is 5.80. The minimum atomic E-state index is -0.236. The molecule has 0 atom stereocenters. The standard InChI is InChI=1S/C14H18Br2N2O/c1-2-14(6-8-17-9-7-14)13(19)18-12-10(15)4-3-5-11(12)16/h3-5,17H,2,6-9H2,1H3,(H,18,19). The highest BCUT2D eigenvalue weighted by Gasteiger charge is 2.38. The molecular formula is C14H18Br2N2O. The number of halogens is 2. The molecule has 0 bridgehead atoms. The van der Waals surface area contributed by atoms with Gasteiger partial charge in [0.05, 0.1) is 11.1 Å². The van der Waals surface area contributed by atoms with Crippen molar-refractivity contribution >= 4 is 43.5 Å². The first kappa shape index (κ1) is 15.0. The van der Waals surface area contributed by atoms with Crippen LogP contribution in [-0.2, 0) is 4.79 Å². The second-order valence-corrected chi connectivity index (χ2v) is 6.64. The molecule has 0 spiro atoms. The Balaban J connectivity index is 2.20. The average molecular weight is 390 g/mol. The van der Waals surface area contributed by atoms with Crippen molar-refractivity contribution in [3.05, 3.63) is 27.1 Å². The topological polar surface area (TPSA) is 41.1 Å². The van der Waals surface area contributed by atoms with Crippen LogP contribution in [0, 0.1) is 5.41 Å². The smallest absolute Gasteiger partial charge is 0.230 e. The summed E-state index contributed by atoms with van der Waals surface area (Å²) in [6.07, 6.45) is 2.68. The number of amides is 1. The number of piperidine rings is 1. The number of para-hydroxylation sites is 1. The lowest BCUT2D eigenvalue weighted by Gasteiger charge is -2.35. The molecular weight excluding hydrogens is 372 g/mol. The number of rotatable bonds is 3. The Morgan fingerprint density at radius 3 is 2.42 bits per heavy atom. The molecule has 0 aromatic heterocycles. The van der Waals surface area contributed by atoms with Crippen molar-refractivity contribution in [2.24, 2.45) is 5.41 Å². The molecule has 1 aromatic rings. The maximum absolute atomic E-state index is 12.6. The van der Waals surface area contributed by atoms with Crippen molar-refractivity contribution < 1.29 is 4.79 Å². The van der Waals surface area contributed by atoms with Gasteiger partial charge in [0.1, 0.15) is 0 Å². The van der Waals surface area contributed by atoms with E-state index in [1.54, 1.807) is 0 Å². The van der Waals surface area contributed by atoms with E-state index >= 15 is 0 Å².